The smallest absolute Gasteiger partial charge is 0.256 e. The number of aromatic nitrogens is 1. The quantitative estimate of drug-likeness (QED) is 0.690. The van der Waals surface area contributed by atoms with Gasteiger partial charge in [-0.2, -0.15) is 0 Å². The topological polar surface area (TPSA) is 42.0 Å². The zero-order chi connectivity index (χ0) is 13.0. The van der Waals surface area contributed by atoms with Gasteiger partial charge in [0.25, 0.3) is 5.91 Å². The Bertz CT molecular complexity index is 574. The predicted molar refractivity (Wildman–Crippen MR) is 78.1 cm³/mol. The van der Waals surface area contributed by atoms with E-state index in [2.05, 4.69) is 26.2 Å². The molecule has 2 aromatic rings. The highest BCUT2D eigenvalue weighted by atomic mass is 79.9. The van der Waals surface area contributed by atoms with Crippen LogP contribution in [0.15, 0.2) is 52.1 Å². The molecule has 1 heterocycles. The van der Waals surface area contributed by atoms with Crippen molar-refractivity contribution in [2.24, 2.45) is 0 Å². The van der Waals surface area contributed by atoms with Crippen LogP contribution in [0.25, 0.3) is 0 Å². The fourth-order valence-corrected chi connectivity index (χ4v) is 2.45. The van der Waals surface area contributed by atoms with Gasteiger partial charge in [-0.1, -0.05) is 12.1 Å². The number of anilines is 1. The molecule has 1 aromatic heterocycles. The van der Waals surface area contributed by atoms with Crippen LogP contribution >= 0.6 is 27.7 Å². The van der Waals surface area contributed by atoms with Crippen LogP contribution in [0, 0.1) is 0 Å². The number of benzene rings is 1. The van der Waals surface area contributed by atoms with Gasteiger partial charge in [0.15, 0.2) is 0 Å². The summed E-state index contributed by atoms with van der Waals surface area (Å²) in [5, 5.41) is 2.84. The highest BCUT2D eigenvalue weighted by Gasteiger charge is 2.11. The van der Waals surface area contributed by atoms with Crippen molar-refractivity contribution in [1.82, 2.24) is 4.98 Å². The highest BCUT2D eigenvalue weighted by Crippen LogP contribution is 2.23. The van der Waals surface area contributed by atoms with Crippen LogP contribution in [0.5, 0.6) is 0 Å². The van der Waals surface area contributed by atoms with Crippen LogP contribution in [0.3, 0.4) is 0 Å². The minimum atomic E-state index is -0.131. The molecule has 3 nitrogen and oxygen atoms in total. The second-order valence-electron chi connectivity index (χ2n) is 3.50. The minimum Gasteiger partial charge on any atom is -0.320 e. The summed E-state index contributed by atoms with van der Waals surface area (Å²) in [6.07, 6.45) is 3.61. The van der Waals surface area contributed by atoms with Gasteiger partial charge in [-0.05, 0) is 46.5 Å². The first kappa shape index (κ1) is 13.1. The van der Waals surface area contributed by atoms with Crippen molar-refractivity contribution < 1.29 is 4.79 Å². The van der Waals surface area contributed by atoms with Crippen molar-refractivity contribution in [1.29, 1.82) is 0 Å². The van der Waals surface area contributed by atoms with Crippen LogP contribution in [-0.2, 0) is 0 Å². The van der Waals surface area contributed by atoms with Crippen molar-refractivity contribution in [3.05, 3.63) is 52.8 Å². The second-order valence-corrected chi connectivity index (χ2v) is 5.10. The average Bonchev–Trinajstić information content (AvgIpc) is 2.41. The zero-order valence-electron chi connectivity index (χ0n) is 9.68. The molecule has 0 aliphatic heterocycles. The maximum atomic E-state index is 12.2. The third kappa shape index (κ3) is 2.91. The molecule has 1 N–H and O–H groups in total. The molecule has 18 heavy (non-hydrogen) atoms. The maximum absolute atomic E-state index is 12.2. The Hall–Kier alpha value is -1.33. The molecule has 0 unspecified atom stereocenters. The maximum Gasteiger partial charge on any atom is 0.256 e. The fourth-order valence-electron chi connectivity index (χ4n) is 1.50. The summed E-state index contributed by atoms with van der Waals surface area (Å²) in [7, 11) is 0. The van der Waals surface area contributed by atoms with Crippen LogP contribution in [0.4, 0.5) is 5.69 Å². The predicted octanol–water partition coefficient (Wildman–Crippen LogP) is 3.82. The van der Waals surface area contributed by atoms with Gasteiger partial charge in [0, 0.05) is 11.1 Å². The first-order valence-electron chi connectivity index (χ1n) is 5.27. The largest absolute Gasteiger partial charge is 0.320 e. The third-order valence-corrected chi connectivity index (χ3v) is 3.79. The molecule has 2 rings (SSSR count). The van der Waals surface area contributed by atoms with E-state index < -0.39 is 0 Å². The molecule has 1 aromatic carbocycles. The minimum absolute atomic E-state index is 0.131. The first-order valence-corrected chi connectivity index (χ1v) is 7.29. The zero-order valence-corrected chi connectivity index (χ0v) is 12.1. The lowest BCUT2D eigenvalue weighted by Crippen LogP contribution is -2.13. The number of amides is 1. The van der Waals surface area contributed by atoms with E-state index in [-0.39, 0.29) is 5.91 Å². The summed E-state index contributed by atoms with van der Waals surface area (Å²) in [4.78, 5) is 17.2. The average molecular weight is 323 g/mol. The van der Waals surface area contributed by atoms with E-state index >= 15 is 0 Å². The highest BCUT2D eigenvalue weighted by molar-refractivity contribution is 9.10. The number of pyridine rings is 1. The Labute approximate surface area is 118 Å². The van der Waals surface area contributed by atoms with E-state index in [1.54, 1.807) is 30.1 Å². The third-order valence-electron chi connectivity index (χ3n) is 2.36. The Kier molecular flexibility index (Phi) is 4.38. The lowest BCUT2D eigenvalue weighted by atomic mass is 10.2. The van der Waals surface area contributed by atoms with E-state index in [0.717, 1.165) is 4.90 Å². The summed E-state index contributed by atoms with van der Waals surface area (Å²) in [6, 6.07) is 11.1. The number of hydrogen-bond donors (Lipinski definition) is 1. The summed E-state index contributed by atoms with van der Waals surface area (Å²) >= 11 is 4.85. The molecular weight excluding hydrogens is 312 g/mol. The van der Waals surface area contributed by atoms with Crippen LogP contribution < -0.4 is 5.32 Å². The van der Waals surface area contributed by atoms with Gasteiger partial charge in [-0.3, -0.25) is 4.79 Å². The van der Waals surface area contributed by atoms with Crippen LogP contribution in [-0.4, -0.2) is 17.1 Å². The van der Waals surface area contributed by atoms with Crippen LogP contribution in [0.2, 0.25) is 0 Å². The number of hydrogen-bond acceptors (Lipinski definition) is 3. The number of halogens is 1. The van der Waals surface area contributed by atoms with Gasteiger partial charge >= 0.3 is 0 Å². The van der Waals surface area contributed by atoms with E-state index in [1.807, 2.05) is 30.5 Å². The van der Waals surface area contributed by atoms with Crippen molar-refractivity contribution in [2.75, 3.05) is 11.6 Å². The van der Waals surface area contributed by atoms with Gasteiger partial charge in [-0.25, -0.2) is 4.98 Å². The molecule has 5 heteroatoms. The van der Waals surface area contributed by atoms with Crippen molar-refractivity contribution in [3.63, 3.8) is 0 Å². The summed E-state index contributed by atoms with van der Waals surface area (Å²) in [5.74, 6) is -0.131. The van der Waals surface area contributed by atoms with Gasteiger partial charge in [0.2, 0.25) is 0 Å². The summed E-state index contributed by atoms with van der Waals surface area (Å²) in [5.41, 5.74) is 1.33. The molecule has 0 fully saturated rings. The fraction of sp³-hybridized carbons (Fsp3) is 0.0769. The molecule has 0 atom stereocenters. The molecule has 0 aliphatic carbocycles. The first-order chi connectivity index (χ1) is 8.72. The molecule has 0 spiro atoms. The molecule has 0 bridgehead atoms. The van der Waals surface area contributed by atoms with Crippen molar-refractivity contribution >= 4 is 39.3 Å². The molecule has 1 amide bonds. The van der Waals surface area contributed by atoms with E-state index in [9.17, 15) is 4.79 Å². The van der Waals surface area contributed by atoms with Crippen molar-refractivity contribution in [2.45, 2.75) is 4.90 Å². The molecule has 0 aliphatic rings. The van der Waals surface area contributed by atoms with Gasteiger partial charge < -0.3 is 5.32 Å². The SMILES string of the molecule is CSc1ccccc1C(=O)Nc1cccnc1Br. The molecule has 0 saturated carbocycles. The van der Waals surface area contributed by atoms with Gasteiger partial charge in [0.05, 0.1) is 11.3 Å². The molecular formula is C13H11BrN2OS. The second kappa shape index (κ2) is 6.02. The number of thioether (sulfide) groups is 1. The Balaban J connectivity index is 2.25. The number of rotatable bonds is 3. The van der Waals surface area contributed by atoms with Gasteiger partial charge in [-0.15, -0.1) is 11.8 Å². The Morgan fingerprint density at radius 1 is 1.28 bits per heavy atom. The van der Waals surface area contributed by atoms with E-state index in [0.29, 0.717) is 15.9 Å². The van der Waals surface area contributed by atoms with Crippen molar-refractivity contribution in [3.8, 4) is 0 Å². The summed E-state index contributed by atoms with van der Waals surface area (Å²) < 4.78 is 0.625. The normalized spacial score (nSPS) is 10.1. The van der Waals surface area contributed by atoms with Gasteiger partial charge in [0.1, 0.15) is 4.60 Å². The Morgan fingerprint density at radius 3 is 2.78 bits per heavy atom. The number of carbonyl (C=O) groups excluding carboxylic acids is 1. The lowest BCUT2D eigenvalue weighted by Gasteiger charge is -2.09. The van der Waals surface area contributed by atoms with E-state index in [1.165, 1.54) is 0 Å². The molecule has 92 valence electrons. The summed E-state index contributed by atoms with van der Waals surface area (Å²) in [6.45, 7) is 0. The number of nitrogens with one attached hydrogen (secondary N) is 1. The van der Waals surface area contributed by atoms with Crippen LogP contribution in [0.1, 0.15) is 10.4 Å². The van der Waals surface area contributed by atoms with E-state index in [4.69, 9.17) is 0 Å². The number of carbonyl (C=O) groups is 1. The monoisotopic (exact) mass is 322 g/mol. The molecule has 0 radical (unpaired) electrons. The standard InChI is InChI=1S/C13H11BrN2OS/c1-18-11-7-3-2-5-9(11)13(17)16-10-6-4-8-15-12(10)14/h2-8H,1H3,(H,16,17). The lowest BCUT2D eigenvalue weighted by molar-refractivity contribution is 0.102. The molecule has 0 saturated heterocycles. The Morgan fingerprint density at radius 2 is 2.06 bits per heavy atom. The number of nitrogens with zero attached hydrogens (tertiary/aromatic N) is 1.